The predicted octanol–water partition coefficient (Wildman–Crippen LogP) is 4.55. The lowest BCUT2D eigenvalue weighted by Gasteiger charge is -2.17. The van der Waals surface area contributed by atoms with Crippen LogP contribution in [-0.2, 0) is 13.6 Å². The summed E-state index contributed by atoms with van der Waals surface area (Å²) < 4.78 is 23.3. The lowest BCUT2D eigenvalue weighted by Crippen LogP contribution is -2.05. The Kier molecular flexibility index (Phi) is 11.1. The number of oxime groups is 1. The highest BCUT2D eigenvalue weighted by molar-refractivity contribution is 7.54. The molecule has 0 aliphatic carbocycles. The van der Waals surface area contributed by atoms with Crippen LogP contribution in [0.15, 0.2) is 5.16 Å². The van der Waals surface area contributed by atoms with Crippen molar-refractivity contribution in [3.63, 3.8) is 0 Å². The molecule has 0 radical (unpaired) electrons. The van der Waals surface area contributed by atoms with Crippen molar-refractivity contribution in [1.82, 2.24) is 0 Å². The molecule has 0 saturated heterocycles. The van der Waals surface area contributed by atoms with Crippen LogP contribution < -0.4 is 0 Å². The van der Waals surface area contributed by atoms with Gasteiger partial charge in [0.15, 0.2) is 0 Å². The number of rotatable bonds is 12. The van der Waals surface area contributed by atoms with E-state index in [-0.39, 0.29) is 6.16 Å². The molecule has 120 valence electrons. The molecule has 0 heterocycles. The molecule has 0 rings (SSSR count). The van der Waals surface area contributed by atoms with Gasteiger partial charge in [-0.25, -0.2) is 0 Å². The summed E-state index contributed by atoms with van der Waals surface area (Å²) in [4.78, 5) is 0. The molecule has 0 spiro atoms. The first kappa shape index (κ1) is 19.6. The summed E-state index contributed by atoms with van der Waals surface area (Å²) in [6, 6.07) is 0. The maximum absolute atomic E-state index is 12.4. The lowest BCUT2D eigenvalue weighted by atomic mass is 10.1. The highest BCUT2D eigenvalue weighted by Gasteiger charge is 2.23. The van der Waals surface area contributed by atoms with Crippen molar-refractivity contribution in [2.45, 2.75) is 53.4 Å². The van der Waals surface area contributed by atoms with E-state index in [0.29, 0.717) is 25.0 Å². The topological polar surface area (TPSA) is 68.1 Å². The van der Waals surface area contributed by atoms with Gasteiger partial charge in [0.25, 0.3) is 0 Å². The minimum Gasteiger partial charge on any atom is -0.411 e. The van der Waals surface area contributed by atoms with Crippen LogP contribution in [0.4, 0.5) is 0 Å². The summed E-state index contributed by atoms with van der Waals surface area (Å²) in [6.07, 6.45) is 4.96. The molecule has 0 saturated carbocycles. The van der Waals surface area contributed by atoms with E-state index in [2.05, 4.69) is 32.9 Å². The highest BCUT2D eigenvalue weighted by atomic mass is 31.2. The Bertz CT molecular complexity index is 286. The van der Waals surface area contributed by atoms with E-state index < -0.39 is 7.60 Å². The molecule has 20 heavy (non-hydrogen) atoms. The van der Waals surface area contributed by atoms with Gasteiger partial charge in [-0.3, -0.25) is 4.57 Å². The second-order valence-electron chi connectivity index (χ2n) is 5.83. The van der Waals surface area contributed by atoms with E-state index >= 15 is 0 Å². The van der Waals surface area contributed by atoms with Crippen molar-refractivity contribution in [3.05, 3.63) is 0 Å². The maximum Gasteiger partial charge on any atom is 0.336 e. The number of hydrogen-bond donors (Lipinski definition) is 1. The maximum atomic E-state index is 12.4. The molecular weight excluding hydrogens is 277 g/mol. The Hall–Kier alpha value is -0.380. The van der Waals surface area contributed by atoms with Crippen molar-refractivity contribution in [2.75, 3.05) is 19.4 Å². The van der Waals surface area contributed by atoms with Crippen LogP contribution in [0, 0.1) is 11.8 Å². The van der Waals surface area contributed by atoms with Gasteiger partial charge in [-0.1, -0.05) is 27.7 Å². The Morgan fingerprint density at radius 2 is 1.50 bits per heavy atom. The first-order chi connectivity index (χ1) is 9.39. The zero-order valence-electron chi connectivity index (χ0n) is 13.2. The molecule has 0 bridgehead atoms. The molecule has 6 heteroatoms. The fourth-order valence-corrected chi connectivity index (χ4v) is 3.04. The van der Waals surface area contributed by atoms with Crippen LogP contribution in [0.3, 0.4) is 0 Å². The Labute approximate surface area is 123 Å². The van der Waals surface area contributed by atoms with Crippen molar-refractivity contribution in [2.24, 2.45) is 17.0 Å². The first-order valence-corrected chi connectivity index (χ1v) is 9.16. The normalized spacial score (nSPS) is 12.9. The third-order valence-electron chi connectivity index (χ3n) is 2.81. The summed E-state index contributed by atoms with van der Waals surface area (Å²) in [5.74, 6) is 1.20. The smallest absolute Gasteiger partial charge is 0.336 e. The van der Waals surface area contributed by atoms with Crippen molar-refractivity contribution in [1.29, 1.82) is 0 Å². The van der Waals surface area contributed by atoms with Crippen LogP contribution in [0.2, 0.25) is 0 Å². The fourth-order valence-electron chi connectivity index (χ4n) is 1.67. The largest absolute Gasteiger partial charge is 0.411 e. The van der Waals surface area contributed by atoms with Crippen LogP contribution in [0.1, 0.15) is 53.4 Å². The SMILES string of the molecule is CC(C)CCCOP(=O)(CC=NO)OCCCC(C)C. The molecular formula is C14H30NO4P. The van der Waals surface area contributed by atoms with Gasteiger partial charge in [-0.2, -0.15) is 0 Å². The minimum absolute atomic E-state index is 0.0207. The summed E-state index contributed by atoms with van der Waals surface area (Å²) in [6.45, 7) is 9.39. The second-order valence-corrected chi connectivity index (χ2v) is 7.93. The molecule has 1 N–H and O–H groups in total. The molecule has 0 aromatic carbocycles. The first-order valence-electron chi connectivity index (χ1n) is 7.43. The molecule has 5 nitrogen and oxygen atoms in total. The minimum atomic E-state index is -3.17. The van der Waals surface area contributed by atoms with Gasteiger partial charge in [0, 0.05) is 0 Å². The zero-order chi connectivity index (χ0) is 15.4. The van der Waals surface area contributed by atoms with Crippen LogP contribution in [0.5, 0.6) is 0 Å². The van der Waals surface area contributed by atoms with Gasteiger partial charge in [0.1, 0.15) is 0 Å². The average molecular weight is 307 g/mol. The summed E-state index contributed by atoms with van der Waals surface area (Å²) >= 11 is 0. The third kappa shape index (κ3) is 11.4. The molecule has 0 unspecified atom stereocenters. The molecule has 0 amide bonds. The Morgan fingerprint density at radius 3 is 1.85 bits per heavy atom. The molecule has 0 aliphatic rings. The number of nitrogens with zero attached hydrogens (tertiary/aromatic N) is 1. The third-order valence-corrected chi connectivity index (χ3v) is 4.58. The van der Waals surface area contributed by atoms with Gasteiger partial charge in [-0.15, -0.1) is 5.16 Å². The van der Waals surface area contributed by atoms with E-state index in [4.69, 9.17) is 14.3 Å². The van der Waals surface area contributed by atoms with Crippen molar-refractivity contribution >= 4 is 13.8 Å². The molecule has 0 aromatic rings. The van der Waals surface area contributed by atoms with Gasteiger partial charge in [0.2, 0.25) is 0 Å². The van der Waals surface area contributed by atoms with Crippen molar-refractivity contribution in [3.8, 4) is 0 Å². The molecule has 0 fully saturated rings. The van der Waals surface area contributed by atoms with Crippen LogP contribution in [-0.4, -0.2) is 30.8 Å². The van der Waals surface area contributed by atoms with Gasteiger partial charge in [0.05, 0.1) is 25.6 Å². The van der Waals surface area contributed by atoms with Crippen LogP contribution >= 0.6 is 7.60 Å². The second kappa shape index (κ2) is 11.3. The van der Waals surface area contributed by atoms with E-state index in [1.807, 2.05) is 0 Å². The fraction of sp³-hybridized carbons (Fsp3) is 0.929. The van der Waals surface area contributed by atoms with E-state index in [0.717, 1.165) is 25.7 Å². The standard InChI is InChI=1S/C14H30NO4P/c1-13(2)7-5-10-18-20(17,12-9-15-16)19-11-6-8-14(3)4/h9,13-14,16H,5-8,10-12H2,1-4H3. The van der Waals surface area contributed by atoms with E-state index in [1.165, 1.54) is 6.21 Å². The predicted molar refractivity (Wildman–Crippen MR) is 82.8 cm³/mol. The van der Waals surface area contributed by atoms with Gasteiger partial charge >= 0.3 is 7.60 Å². The average Bonchev–Trinajstić information content (AvgIpc) is 2.37. The Morgan fingerprint density at radius 1 is 1.05 bits per heavy atom. The van der Waals surface area contributed by atoms with Gasteiger partial charge in [-0.05, 0) is 37.5 Å². The van der Waals surface area contributed by atoms with E-state index in [9.17, 15) is 4.57 Å². The summed E-state index contributed by atoms with van der Waals surface area (Å²) in [7, 11) is -3.17. The van der Waals surface area contributed by atoms with Crippen LogP contribution in [0.25, 0.3) is 0 Å². The molecule has 0 atom stereocenters. The lowest BCUT2D eigenvalue weighted by molar-refractivity contribution is 0.197. The molecule has 0 aromatic heterocycles. The zero-order valence-corrected chi connectivity index (χ0v) is 14.1. The quantitative estimate of drug-likeness (QED) is 0.189. The highest BCUT2D eigenvalue weighted by Crippen LogP contribution is 2.47. The molecule has 0 aliphatic heterocycles. The Balaban J connectivity index is 4.11. The van der Waals surface area contributed by atoms with Gasteiger partial charge < -0.3 is 14.3 Å². The van der Waals surface area contributed by atoms with Crippen molar-refractivity contribution < 1.29 is 18.8 Å². The monoisotopic (exact) mass is 307 g/mol. The number of hydrogen-bond acceptors (Lipinski definition) is 5. The summed E-state index contributed by atoms with van der Waals surface area (Å²) in [5, 5.41) is 11.3. The summed E-state index contributed by atoms with van der Waals surface area (Å²) in [5.41, 5.74) is 0. The van der Waals surface area contributed by atoms with E-state index in [1.54, 1.807) is 0 Å².